The molecular weight excluding hydrogens is 351 g/mol. The van der Waals surface area contributed by atoms with E-state index in [1.807, 2.05) is 0 Å². The van der Waals surface area contributed by atoms with Crippen molar-refractivity contribution in [2.45, 2.75) is 105 Å². The molecule has 0 N–H and O–H groups in total. The van der Waals surface area contributed by atoms with Crippen molar-refractivity contribution in [1.29, 1.82) is 0 Å². The largest absolute Gasteiger partial charge is 1.00 e. The predicted molar refractivity (Wildman–Crippen MR) is 104 cm³/mol. The lowest BCUT2D eigenvalue weighted by Gasteiger charge is -2.28. The summed E-state index contributed by atoms with van der Waals surface area (Å²) in [6, 6.07) is 0. The first-order valence-electron chi connectivity index (χ1n) is 10.1. The van der Waals surface area contributed by atoms with Gasteiger partial charge in [-0.05, 0) is 25.7 Å². The van der Waals surface area contributed by atoms with Gasteiger partial charge in [-0.2, -0.15) is 0 Å². The summed E-state index contributed by atoms with van der Waals surface area (Å²) < 4.78 is 0. The van der Waals surface area contributed by atoms with E-state index >= 15 is 0 Å². The zero-order valence-corrected chi connectivity index (χ0v) is 18.6. The minimum absolute atomic E-state index is 0. The quantitative estimate of drug-likeness (QED) is 0.261. The molecule has 0 aromatic rings. The first kappa shape index (κ1) is 25.2. The van der Waals surface area contributed by atoms with Crippen molar-refractivity contribution in [3.63, 3.8) is 0 Å². The molecule has 0 amide bonds. The molecule has 0 unspecified atom stereocenters. The maximum absolute atomic E-state index is 2.35. The molecule has 0 rings (SSSR count). The zero-order chi connectivity index (χ0) is 15.8. The number of hydrogen-bond donors (Lipinski definition) is 0. The number of unbranched alkanes of at least 4 members (excludes halogenated alkanes) is 8. The molecule has 0 spiro atoms. The monoisotopic (exact) mass is 394 g/mol. The van der Waals surface area contributed by atoms with Gasteiger partial charge in [-0.3, -0.25) is 0 Å². The van der Waals surface area contributed by atoms with Crippen molar-refractivity contribution < 1.29 is 17.0 Å². The molecule has 22 heavy (non-hydrogen) atoms. The highest BCUT2D eigenvalue weighted by Crippen LogP contribution is 2.61. The van der Waals surface area contributed by atoms with E-state index in [1.54, 1.807) is 24.6 Å². The van der Waals surface area contributed by atoms with Crippen LogP contribution in [0.25, 0.3) is 0 Å². The fourth-order valence-corrected chi connectivity index (χ4v) is 8.38. The zero-order valence-electron chi connectivity index (χ0n) is 16.1. The van der Waals surface area contributed by atoms with Crippen LogP contribution in [0, 0.1) is 0 Å². The van der Waals surface area contributed by atoms with Gasteiger partial charge in [0.15, 0.2) is 0 Å². The number of rotatable bonds is 16. The van der Waals surface area contributed by atoms with E-state index in [-0.39, 0.29) is 17.0 Å². The molecule has 0 saturated heterocycles. The van der Waals surface area contributed by atoms with Crippen LogP contribution in [0.3, 0.4) is 0 Å². The Bertz CT molecular complexity index is 160. The molecule has 0 saturated carbocycles. The maximum atomic E-state index is 2.35. The molecule has 0 aromatic carbocycles. The van der Waals surface area contributed by atoms with E-state index in [9.17, 15) is 0 Å². The summed E-state index contributed by atoms with van der Waals surface area (Å²) >= 11 is 0. The molecule has 0 atom stereocenters. The molecule has 0 aromatic heterocycles. The third-order valence-corrected chi connectivity index (χ3v) is 10.0. The van der Waals surface area contributed by atoms with Gasteiger partial charge in [0, 0.05) is 7.26 Å². The van der Waals surface area contributed by atoms with Crippen molar-refractivity contribution in [3.05, 3.63) is 0 Å². The fourth-order valence-electron chi connectivity index (χ4n) is 3.46. The maximum Gasteiger partial charge on any atom is 0.0594 e. The predicted octanol–water partition coefficient (Wildman–Crippen LogP) is 4.77. The molecule has 0 aliphatic carbocycles. The van der Waals surface area contributed by atoms with Crippen LogP contribution in [0.15, 0.2) is 0 Å². The lowest BCUT2D eigenvalue weighted by molar-refractivity contribution is -0.00000493. The van der Waals surface area contributed by atoms with Crippen molar-refractivity contribution >= 4 is 7.26 Å². The number of halogens is 1. The minimum atomic E-state index is -0.615. The van der Waals surface area contributed by atoms with Crippen LogP contribution in [0.2, 0.25) is 0 Å². The van der Waals surface area contributed by atoms with Crippen molar-refractivity contribution in [1.82, 2.24) is 0 Å². The van der Waals surface area contributed by atoms with E-state index in [0.29, 0.717) is 0 Å². The van der Waals surface area contributed by atoms with Crippen LogP contribution < -0.4 is 17.0 Å². The van der Waals surface area contributed by atoms with Crippen LogP contribution in [-0.2, 0) is 0 Å². The number of hydrogen-bond acceptors (Lipinski definition) is 0. The van der Waals surface area contributed by atoms with Crippen molar-refractivity contribution in [3.8, 4) is 0 Å². The summed E-state index contributed by atoms with van der Waals surface area (Å²) in [5.74, 6) is 0. The Labute approximate surface area is 153 Å². The molecule has 0 radical (unpaired) electrons. The average Bonchev–Trinajstić information content (AvgIpc) is 2.48. The standard InChI is InChI=1S/C20H44P.BrH/c1-5-9-13-17-21(18-14-10-6-2,19-15-11-7-3)20-16-12-8-4;/h5-20H2,1-4H3;1H/q+1;/p-1. The third kappa shape index (κ3) is 13.4. The Hall–Kier alpha value is 0.910. The second-order valence-corrected chi connectivity index (χ2v) is 11.5. The summed E-state index contributed by atoms with van der Waals surface area (Å²) in [5, 5.41) is 0. The average molecular weight is 395 g/mol. The Morgan fingerprint density at radius 1 is 0.409 bits per heavy atom. The Morgan fingerprint density at radius 2 is 0.636 bits per heavy atom. The highest BCUT2D eigenvalue weighted by atomic mass is 79.9. The van der Waals surface area contributed by atoms with E-state index in [1.165, 1.54) is 77.0 Å². The first-order chi connectivity index (χ1) is 10.2. The highest BCUT2D eigenvalue weighted by Gasteiger charge is 2.34. The molecule has 0 bridgehead atoms. The van der Waals surface area contributed by atoms with Gasteiger partial charge >= 0.3 is 0 Å². The van der Waals surface area contributed by atoms with Crippen LogP contribution in [0.1, 0.15) is 105 Å². The first-order valence-corrected chi connectivity index (χ1v) is 12.6. The Kier molecular flexibility index (Phi) is 20.9. The van der Waals surface area contributed by atoms with Gasteiger partial charge < -0.3 is 17.0 Å². The lowest BCUT2D eigenvalue weighted by atomic mass is 10.3. The van der Waals surface area contributed by atoms with Gasteiger partial charge in [0.05, 0.1) is 24.6 Å². The highest BCUT2D eigenvalue weighted by molar-refractivity contribution is 7.75. The van der Waals surface area contributed by atoms with Gasteiger partial charge in [-0.15, -0.1) is 0 Å². The summed E-state index contributed by atoms with van der Waals surface area (Å²) in [4.78, 5) is 0. The van der Waals surface area contributed by atoms with Gasteiger partial charge in [-0.25, -0.2) is 0 Å². The Balaban J connectivity index is 0. The second-order valence-electron chi connectivity index (χ2n) is 7.06. The molecule has 0 aliphatic heterocycles. The molecular formula is C20H44BrP. The van der Waals surface area contributed by atoms with E-state index < -0.39 is 7.26 Å². The lowest BCUT2D eigenvalue weighted by Crippen LogP contribution is -3.00. The van der Waals surface area contributed by atoms with Gasteiger partial charge in [0.1, 0.15) is 0 Å². The summed E-state index contributed by atoms with van der Waals surface area (Å²) in [5.41, 5.74) is 0. The molecule has 0 nitrogen and oxygen atoms in total. The smallest absolute Gasteiger partial charge is 0.0594 e. The van der Waals surface area contributed by atoms with E-state index in [4.69, 9.17) is 0 Å². The molecule has 0 aliphatic rings. The third-order valence-electron chi connectivity index (χ3n) is 4.94. The fraction of sp³-hybridized carbons (Fsp3) is 1.00. The summed E-state index contributed by atoms with van der Waals surface area (Å²) in [7, 11) is -0.615. The van der Waals surface area contributed by atoms with Gasteiger partial charge in [0.25, 0.3) is 0 Å². The SMILES string of the molecule is CCCCC[P+](CCCCC)(CCCCC)CCCCC.[Br-]. The van der Waals surface area contributed by atoms with E-state index in [0.717, 1.165) is 0 Å². The molecule has 2 heteroatoms. The molecule has 0 fully saturated rings. The van der Waals surface area contributed by atoms with Crippen molar-refractivity contribution in [2.24, 2.45) is 0 Å². The normalized spacial score (nSPS) is 11.5. The van der Waals surface area contributed by atoms with Crippen LogP contribution in [0.4, 0.5) is 0 Å². The van der Waals surface area contributed by atoms with Crippen LogP contribution in [-0.4, -0.2) is 24.6 Å². The minimum Gasteiger partial charge on any atom is -1.00 e. The second kappa shape index (κ2) is 18.3. The topological polar surface area (TPSA) is 0 Å². The van der Waals surface area contributed by atoms with Crippen LogP contribution >= 0.6 is 7.26 Å². The Morgan fingerprint density at radius 3 is 0.818 bits per heavy atom. The van der Waals surface area contributed by atoms with E-state index in [2.05, 4.69) is 27.7 Å². The summed E-state index contributed by atoms with van der Waals surface area (Å²) in [6.45, 7) is 9.41. The molecule has 136 valence electrons. The molecule has 0 heterocycles. The van der Waals surface area contributed by atoms with Gasteiger partial charge in [0.2, 0.25) is 0 Å². The van der Waals surface area contributed by atoms with Crippen molar-refractivity contribution in [2.75, 3.05) is 24.6 Å². The van der Waals surface area contributed by atoms with Gasteiger partial charge in [-0.1, -0.05) is 79.1 Å². The van der Waals surface area contributed by atoms with Crippen LogP contribution in [0.5, 0.6) is 0 Å². The summed E-state index contributed by atoms with van der Waals surface area (Å²) in [6.07, 6.45) is 24.0.